The van der Waals surface area contributed by atoms with Gasteiger partial charge in [0.25, 0.3) is 0 Å². The topological polar surface area (TPSA) is 45.5 Å². The van der Waals surface area contributed by atoms with Crippen molar-refractivity contribution in [3.8, 4) is 0 Å². The number of nitrogens with zero attached hydrogens (tertiary/aromatic N) is 4. The van der Waals surface area contributed by atoms with Crippen molar-refractivity contribution >= 4 is 23.1 Å². The molecule has 0 saturated heterocycles. The van der Waals surface area contributed by atoms with E-state index in [0.717, 1.165) is 48.8 Å². The summed E-state index contributed by atoms with van der Waals surface area (Å²) in [4.78, 5) is 11.7. The molecule has 0 aliphatic rings. The fourth-order valence-electron chi connectivity index (χ4n) is 3.88. The third-order valence-corrected chi connectivity index (χ3v) is 4.96. The van der Waals surface area contributed by atoms with Gasteiger partial charge in [0.1, 0.15) is 11.6 Å². The molecule has 0 fully saturated rings. The van der Waals surface area contributed by atoms with E-state index < -0.39 is 0 Å². The van der Waals surface area contributed by atoms with Crippen molar-refractivity contribution < 1.29 is 0 Å². The Hall–Kier alpha value is -2.56. The van der Waals surface area contributed by atoms with Crippen LogP contribution in [-0.2, 0) is 0 Å². The lowest BCUT2D eigenvalue weighted by Gasteiger charge is -2.27. The highest BCUT2D eigenvalue weighted by atomic mass is 15.3. The van der Waals surface area contributed by atoms with E-state index in [4.69, 9.17) is 4.98 Å². The molecule has 3 aromatic rings. The maximum absolute atomic E-state index is 4.81. The lowest BCUT2D eigenvalue weighted by Crippen LogP contribution is -2.28. The highest BCUT2D eigenvalue weighted by molar-refractivity contribution is 5.72. The zero-order chi connectivity index (χ0) is 19.6. The van der Waals surface area contributed by atoms with Gasteiger partial charge in [0, 0.05) is 36.7 Å². The zero-order valence-electron chi connectivity index (χ0n) is 17.4. The summed E-state index contributed by atoms with van der Waals surface area (Å²) in [6.45, 7) is 15.1. The van der Waals surface area contributed by atoms with E-state index in [1.165, 1.54) is 22.5 Å². The summed E-state index contributed by atoms with van der Waals surface area (Å²) in [5, 5.41) is 3.61. The molecule has 1 N–H and O–H groups in total. The van der Waals surface area contributed by atoms with Crippen molar-refractivity contribution in [2.24, 2.45) is 0 Å². The number of hydrogen-bond acceptors (Lipinski definition) is 4. The molecular formula is C22H31N5. The molecule has 0 aliphatic heterocycles. The molecule has 0 atom stereocenters. The van der Waals surface area contributed by atoms with Crippen LogP contribution in [0.4, 0.5) is 17.3 Å². The molecule has 2 aromatic heterocycles. The van der Waals surface area contributed by atoms with Crippen molar-refractivity contribution in [2.75, 3.05) is 23.3 Å². The lowest BCUT2D eigenvalue weighted by molar-refractivity contribution is 0.724. The molecule has 3 rings (SSSR count). The van der Waals surface area contributed by atoms with Crippen molar-refractivity contribution in [1.82, 2.24) is 14.4 Å². The molecule has 0 amide bonds. The van der Waals surface area contributed by atoms with Crippen LogP contribution in [0.1, 0.15) is 48.9 Å². The predicted octanol–water partition coefficient (Wildman–Crippen LogP) is 5.33. The van der Waals surface area contributed by atoms with Crippen molar-refractivity contribution in [3.05, 3.63) is 46.8 Å². The second-order valence-corrected chi connectivity index (χ2v) is 7.39. The van der Waals surface area contributed by atoms with Crippen LogP contribution >= 0.6 is 0 Å². The van der Waals surface area contributed by atoms with Crippen LogP contribution in [0, 0.1) is 27.7 Å². The summed E-state index contributed by atoms with van der Waals surface area (Å²) >= 11 is 0. The standard InChI is InChI=1S/C22H31N5/c1-7-10-26(11-8-2)21-18(6)20(25-22-23-9-12-27(21)22)24-19-16(4)13-15(3)14-17(19)5/h9,12-14H,7-8,10-11H2,1-6H3,(H,23,24,25). The largest absolute Gasteiger partial charge is 0.357 e. The van der Waals surface area contributed by atoms with Gasteiger partial charge in [-0.1, -0.05) is 31.5 Å². The number of benzene rings is 1. The molecule has 27 heavy (non-hydrogen) atoms. The van der Waals surface area contributed by atoms with Crippen LogP contribution < -0.4 is 10.2 Å². The van der Waals surface area contributed by atoms with Crippen LogP contribution in [-0.4, -0.2) is 27.5 Å². The highest BCUT2D eigenvalue weighted by Gasteiger charge is 2.18. The Morgan fingerprint density at radius 3 is 2.22 bits per heavy atom. The van der Waals surface area contributed by atoms with E-state index in [-0.39, 0.29) is 0 Å². The van der Waals surface area contributed by atoms with Crippen molar-refractivity contribution in [1.29, 1.82) is 0 Å². The first-order valence-electron chi connectivity index (χ1n) is 9.89. The van der Waals surface area contributed by atoms with Gasteiger partial charge in [-0.2, -0.15) is 4.98 Å². The van der Waals surface area contributed by atoms with Crippen LogP contribution in [0.3, 0.4) is 0 Å². The van der Waals surface area contributed by atoms with Gasteiger partial charge in [0.15, 0.2) is 0 Å². The van der Waals surface area contributed by atoms with Gasteiger partial charge in [-0.3, -0.25) is 4.40 Å². The smallest absolute Gasteiger partial charge is 0.237 e. The first kappa shape index (κ1) is 19.2. The normalized spacial score (nSPS) is 11.2. The molecule has 1 aromatic carbocycles. The van der Waals surface area contributed by atoms with E-state index in [9.17, 15) is 0 Å². The fourth-order valence-corrected chi connectivity index (χ4v) is 3.88. The number of fused-ring (bicyclic) bond motifs is 1. The molecule has 144 valence electrons. The summed E-state index contributed by atoms with van der Waals surface area (Å²) in [6.07, 6.45) is 6.05. The molecule has 5 nitrogen and oxygen atoms in total. The molecule has 0 spiro atoms. The van der Waals surface area contributed by atoms with E-state index in [2.05, 4.69) is 73.3 Å². The number of anilines is 3. The van der Waals surface area contributed by atoms with Crippen molar-refractivity contribution in [3.63, 3.8) is 0 Å². The van der Waals surface area contributed by atoms with Gasteiger partial charge in [-0.15, -0.1) is 0 Å². The second-order valence-electron chi connectivity index (χ2n) is 7.39. The number of nitrogens with one attached hydrogen (secondary N) is 1. The molecule has 0 aliphatic carbocycles. The molecule has 5 heteroatoms. The number of hydrogen-bond donors (Lipinski definition) is 1. The minimum atomic E-state index is 0.734. The van der Waals surface area contributed by atoms with Gasteiger partial charge in [-0.25, -0.2) is 4.98 Å². The third-order valence-electron chi connectivity index (χ3n) is 4.96. The summed E-state index contributed by atoms with van der Waals surface area (Å²) in [6, 6.07) is 4.42. The van der Waals surface area contributed by atoms with Crippen molar-refractivity contribution in [2.45, 2.75) is 54.4 Å². The maximum Gasteiger partial charge on any atom is 0.237 e. The summed E-state index contributed by atoms with van der Waals surface area (Å²) in [5.41, 5.74) is 6.04. The maximum atomic E-state index is 4.81. The van der Waals surface area contributed by atoms with Gasteiger partial charge in [-0.05, 0) is 51.7 Å². The number of rotatable bonds is 7. The SMILES string of the molecule is CCCN(CCC)c1c(C)c(Nc2c(C)cc(C)cc2C)nc2nccn12. The fraction of sp³-hybridized carbons (Fsp3) is 0.455. The van der Waals surface area contributed by atoms with Crippen LogP contribution in [0.2, 0.25) is 0 Å². The van der Waals surface area contributed by atoms with Crippen LogP contribution in [0.5, 0.6) is 0 Å². The number of aryl methyl sites for hydroxylation is 3. The minimum Gasteiger partial charge on any atom is -0.357 e. The summed E-state index contributed by atoms with van der Waals surface area (Å²) in [7, 11) is 0. The first-order valence-corrected chi connectivity index (χ1v) is 9.89. The Bertz CT molecular complexity index is 912. The average Bonchev–Trinajstić information content (AvgIpc) is 3.06. The van der Waals surface area contributed by atoms with Crippen LogP contribution in [0.25, 0.3) is 5.78 Å². The molecule has 2 heterocycles. The minimum absolute atomic E-state index is 0.734. The number of aromatic nitrogens is 3. The molecule has 0 bridgehead atoms. The van der Waals surface area contributed by atoms with Gasteiger partial charge in [0.05, 0.1) is 0 Å². The summed E-state index contributed by atoms with van der Waals surface area (Å²) < 4.78 is 2.11. The second kappa shape index (κ2) is 7.99. The Balaban J connectivity index is 2.13. The van der Waals surface area contributed by atoms with Gasteiger partial charge in [0.2, 0.25) is 5.78 Å². The van der Waals surface area contributed by atoms with E-state index in [0.29, 0.717) is 0 Å². The lowest BCUT2D eigenvalue weighted by atomic mass is 10.0. The zero-order valence-corrected chi connectivity index (χ0v) is 17.4. The van der Waals surface area contributed by atoms with Gasteiger partial charge < -0.3 is 10.2 Å². The Kier molecular flexibility index (Phi) is 5.68. The van der Waals surface area contributed by atoms with E-state index in [1.807, 2.05) is 12.4 Å². The monoisotopic (exact) mass is 365 g/mol. The molecule has 0 unspecified atom stereocenters. The molecular weight excluding hydrogens is 334 g/mol. The first-order chi connectivity index (χ1) is 13.0. The Morgan fingerprint density at radius 1 is 1.00 bits per heavy atom. The predicted molar refractivity (Wildman–Crippen MR) is 114 cm³/mol. The summed E-state index contributed by atoms with van der Waals surface area (Å²) in [5.74, 6) is 2.81. The quantitative estimate of drug-likeness (QED) is 0.614. The third kappa shape index (κ3) is 3.77. The Morgan fingerprint density at radius 2 is 1.63 bits per heavy atom. The Labute approximate surface area is 162 Å². The highest BCUT2D eigenvalue weighted by Crippen LogP contribution is 2.31. The van der Waals surface area contributed by atoms with E-state index >= 15 is 0 Å². The number of imidazole rings is 1. The van der Waals surface area contributed by atoms with Crippen LogP contribution in [0.15, 0.2) is 24.5 Å². The average molecular weight is 366 g/mol. The molecule has 0 radical (unpaired) electrons. The van der Waals surface area contributed by atoms with E-state index in [1.54, 1.807) is 0 Å². The van der Waals surface area contributed by atoms with Gasteiger partial charge >= 0.3 is 0 Å². The molecule has 0 saturated carbocycles.